The minimum atomic E-state index is -1.24. The van der Waals surface area contributed by atoms with E-state index in [-0.39, 0.29) is 23.5 Å². The number of carbonyl (C=O) groups is 3. The maximum absolute atomic E-state index is 10.3. The Kier molecular flexibility index (Phi) is 8.04. The summed E-state index contributed by atoms with van der Waals surface area (Å²) in [5.74, 6) is -3.30. The van der Waals surface area contributed by atoms with Crippen molar-refractivity contribution in [1.29, 1.82) is 0 Å². The number of rotatable bonds is 7. The second-order valence-electron chi connectivity index (χ2n) is 5.19. The van der Waals surface area contributed by atoms with E-state index in [1.165, 1.54) is 30.3 Å². The second kappa shape index (κ2) is 10.2. The number of aromatic carboxylic acids is 2. The van der Waals surface area contributed by atoms with Crippen molar-refractivity contribution >= 4 is 23.6 Å². The molecule has 10 nitrogen and oxygen atoms in total. The average molecular weight is 376 g/mol. The molecule has 0 saturated carbocycles. The summed E-state index contributed by atoms with van der Waals surface area (Å²) in [6, 6.07) is 9.95. The van der Waals surface area contributed by atoms with E-state index in [0.29, 0.717) is 12.8 Å². The molecule has 0 fully saturated rings. The molecule has 1 aromatic carbocycles. The van der Waals surface area contributed by atoms with E-state index in [1.54, 1.807) is 12.1 Å². The van der Waals surface area contributed by atoms with Crippen LogP contribution < -0.4 is 0 Å². The molecule has 1 aromatic heterocycles. The number of non-ortho nitro benzene ring substituents is 1. The maximum atomic E-state index is 10.3. The number of nitro benzene ring substituents is 1. The maximum Gasteiger partial charge on any atom is 0.354 e. The molecule has 0 aliphatic rings. The number of hydrogen-bond donors (Lipinski definition) is 3. The Hall–Kier alpha value is -3.82. The van der Waals surface area contributed by atoms with Crippen molar-refractivity contribution in [3.05, 3.63) is 69.5 Å². The van der Waals surface area contributed by atoms with Crippen LogP contribution in [0.15, 0.2) is 42.5 Å². The zero-order valence-electron chi connectivity index (χ0n) is 13.9. The van der Waals surface area contributed by atoms with Crippen LogP contribution >= 0.6 is 0 Å². The number of carboxylic acids is 3. The lowest BCUT2D eigenvalue weighted by Gasteiger charge is -1.98. The van der Waals surface area contributed by atoms with E-state index in [4.69, 9.17) is 15.3 Å². The average Bonchev–Trinajstić information content (AvgIpc) is 2.62. The zero-order valence-corrected chi connectivity index (χ0v) is 13.9. The van der Waals surface area contributed by atoms with Crippen molar-refractivity contribution in [2.45, 2.75) is 19.3 Å². The SMILES string of the molecule is O=C(O)CCCc1ccc([N+](=O)[O-])cc1.O=C(O)c1cccc(C(=O)O)n1. The highest BCUT2D eigenvalue weighted by molar-refractivity contribution is 5.89. The van der Waals surface area contributed by atoms with Crippen LogP contribution in [0.5, 0.6) is 0 Å². The van der Waals surface area contributed by atoms with Gasteiger partial charge in [-0.1, -0.05) is 18.2 Å². The Morgan fingerprint density at radius 3 is 1.85 bits per heavy atom. The van der Waals surface area contributed by atoms with Crippen molar-refractivity contribution in [1.82, 2.24) is 4.98 Å². The highest BCUT2D eigenvalue weighted by Gasteiger charge is 2.08. The lowest BCUT2D eigenvalue weighted by Crippen LogP contribution is -2.06. The third-order valence-corrected chi connectivity index (χ3v) is 3.19. The number of nitrogens with zero attached hydrogens (tertiary/aromatic N) is 2. The van der Waals surface area contributed by atoms with Crippen LogP contribution in [0.4, 0.5) is 5.69 Å². The molecule has 0 spiro atoms. The first-order chi connectivity index (χ1) is 12.7. The number of aliphatic carboxylic acids is 1. The number of aromatic nitrogens is 1. The van der Waals surface area contributed by atoms with Gasteiger partial charge in [0.05, 0.1) is 4.92 Å². The highest BCUT2D eigenvalue weighted by Crippen LogP contribution is 2.13. The summed E-state index contributed by atoms with van der Waals surface area (Å²) in [6.45, 7) is 0. The fraction of sp³-hybridized carbons (Fsp3) is 0.176. The number of hydrogen-bond acceptors (Lipinski definition) is 6. The quantitative estimate of drug-likeness (QED) is 0.485. The Labute approximate surface area is 152 Å². The normalized spacial score (nSPS) is 9.63. The fourth-order valence-electron chi connectivity index (χ4n) is 1.90. The standard InChI is InChI=1S/C10H11NO4.C7H5NO4/c12-10(13)3-1-2-8-4-6-9(7-5-8)11(14)15;9-6(10)4-2-1-3-5(8-4)7(11)12/h4-7H,1-3H2,(H,12,13);1-3H,(H,9,10)(H,11,12). The Bertz CT molecular complexity index is 804. The molecule has 0 bridgehead atoms. The minimum absolute atomic E-state index is 0.0528. The molecular weight excluding hydrogens is 360 g/mol. The first kappa shape index (κ1) is 21.2. The van der Waals surface area contributed by atoms with Gasteiger partial charge in [0, 0.05) is 18.6 Å². The lowest BCUT2D eigenvalue weighted by molar-refractivity contribution is -0.384. The van der Waals surface area contributed by atoms with E-state index in [2.05, 4.69) is 4.98 Å². The van der Waals surface area contributed by atoms with Crippen LogP contribution in [0.1, 0.15) is 39.4 Å². The summed E-state index contributed by atoms with van der Waals surface area (Å²) in [5.41, 5.74) is 0.434. The molecule has 0 saturated heterocycles. The second-order valence-corrected chi connectivity index (χ2v) is 5.19. The van der Waals surface area contributed by atoms with Gasteiger partial charge in [0.15, 0.2) is 0 Å². The molecule has 2 rings (SSSR count). The first-order valence-corrected chi connectivity index (χ1v) is 7.59. The summed E-state index contributed by atoms with van der Waals surface area (Å²) in [6.07, 6.45) is 1.30. The van der Waals surface area contributed by atoms with Gasteiger partial charge in [-0.3, -0.25) is 14.9 Å². The van der Waals surface area contributed by atoms with Crippen LogP contribution in [0, 0.1) is 10.1 Å². The van der Waals surface area contributed by atoms with E-state index in [1.807, 2.05) is 0 Å². The molecule has 0 unspecified atom stereocenters. The van der Waals surface area contributed by atoms with E-state index in [0.717, 1.165) is 5.56 Å². The van der Waals surface area contributed by atoms with Crippen LogP contribution in [-0.2, 0) is 11.2 Å². The molecule has 27 heavy (non-hydrogen) atoms. The van der Waals surface area contributed by atoms with Crippen LogP contribution in [0.3, 0.4) is 0 Å². The van der Waals surface area contributed by atoms with Gasteiger partial charge in [-0.05, 0) is 30.5 Å². The lowest BCUT2D eigenvalue weighted by atomic mass is 10.1. The van der Waals surface area contributed by atoms with Crippen molar-refractivity contribution in [3.8, 4) is 0 Å². The molecule has 0 aliphatic carbocycles. The number of pyridine rings is 1. The topological polar surface area (TPSA) is 168 Å². The Morgan fingerprint density at radius 2 is 1.44 bits per heavy atom. The Balaban J connectivity index is 0.000000277. The summed E-state index contributed by atoms with van der Waals surface area (Å²) in [7, 11) is 0. The van der Waals surface area contributed by atoms with E-state index < -0.39 is 22.8 Å². The predicted molar refractivity (Wildman–Crippen MR) is 91.8 cm³/mol. The molecule has 0 atom stereocenters. The van der Waals surface area contributed by atoms with Crippen molar-refractivity contribution in [2.75, 3.05) is 0 Å². The van der Waals surface area contributed by atoms with E-state index in [9.17, 15) is 24.5 Å². The molecule has 10 heteroatoms. The highest BCUT2D eigenvalue weighted by atomic mass is 16.6. The molecule has 3 N–H and O–H groups in total. The monoisotopic (exact) mass is 376 g/mol. The van der Waals surface area contributed by atoms with Crippen molar-refractivity contribution < 1.29 is 34.6 Å². The smallest absolute Gasteiger partial charge is 0.354 e. The molecular formula is C17H16N2O8. The zero-order chi connectivity index (χ0) is 20.4. The number of benzene rings is 1. The summed E-state index contributed by atoms with van der Waals surface area (Å²) < 4.78 is 0. The van der Waals surface area contributed by atoms with Gasteiger partial charge in [0.1, 0.15) is 11.4 Å². The number of carboxylic acid groups (broad SMARTS) is 3. The molecule has 0 amide bonds. The minimum Gasteiger partial charge on any atom is -0.481 e. The molecule has 0 radical (unpaired) electrons. The molecule has 0 aliphatic heterocycles. The molecule has 2 aromatic rings. The molecule has 1 heterocycles. The van der Waals surface area contributed by atoms with Crippen molar-refractivity contribution in [2.24, 2.45) is 0 Å². The van der Waals surface area contributed by atoms with Gasteiger partial charge >= 0.3 is 17.9 Å². The predicted octanol–water partition coefficient (Wildman–Crippen LogP) is 2.48. The third kappa shape index (κ3) is 7.73. The third-order valence-electron chi connectivity index (χ3n) is 3.19. The van der Waals surface area contributed by atoms with Crippen LogP contribution in [0.25, 0.3) is 0 Å². The Morgan fingerprint density at radius 1 is 0.926 bits per heavy atom. The first-order valence-electron chi connectivity index (χ1n) is 7.59. The summed E-state index contributed by atoms with van der Waals surface area (Å²) in [5, 5.41) is 35.6. The summed E-state index contributed by atoms with van der Waals surface area (Å²) in [4.78, 5) is 44.1. The summed E-state index contributed by atoms with van der Waals surface area (Å²) >= 11 is 0. The van der Waals surface area contributed by atoms with Gasteiger partial charge in [-0.2, -0.15) is 0 Å². The van der Waals surface area contributed by atoms with E-state index >= 15 is 0 Å². The van der Waals surface area contributed by atoms with Gasteiger partial charge in [-0.15, -0.1) is 0 Å². The number of aryl methyl sites for hydroxylation is 1. The van der Waals surface area contributed by atoms with Gasteiger partial charge in [0.25, 0.3) is 5.69 Å². The fourth-order valence-corrected chi connectivity index (χ4v) is 1.90. The molecule has 142 valence electrons. The van der Waals surface area contributed by atoms with Crippen molar-refractivity contribution in [3.63, 3.8) is 0 Å². The number of nitro groups is 1. The van der Waals surface area contributed by atoms with Crippen LogP contribution in [-0.4, -0.2) is 43.1 Å². The van der Waals surface area contributed by atoms with Gasteiger partial charge in [-0.25, -0.2) is 14.6 Å². The van der Waals surface area contributed by atoms with Gasteiger partial charge < -0.3 is 15.3 Å². The van der Waals surface area contributed by atoms with Gasteiger partial charge in [0.2, 0.25) is 0 Å². The largest absolute Gasteiger partial charge is 0.481 e. The van der Waals surface area contributed by atoms with Crippen LogP contribution in [0.2, 0.25) is 0 Å².